The van der Waals surface area contributed by atoms with Crippen LogP contribution in [0.1, 0.15) is 26.3 Å². The molecule has 32 heavy (non-hydrogen) atoms. The third-order valence-electron chi connectivity index (χ3n) is 5.74. The Kier molecular flexibility index (Phi) is 6.17. The summed E-state index contributed by atoms with van der Waals surface area (Å²) in [6.07, 6.45) is 1.81. The maximum atomic E-state index is 12.8. The van der Waals surface area contributed by atoms with Crippen LogP contribution >= 0.6 is 0 Å². The van der Waals surface area contributed by atoms with Crippen LogP contribution in [0.25, 0.3) is 11.0 Å². The van der Waals surface area contributed by atoms with Gasteiger partial charge in [0, 0.05) is 31.7 Å². The molecule has 1 amide bonds. The minimum Gasteiger partial charge on any atom is -0.497 e. The Morgan fingerprint density at radius 2 is 1.75 bits per heavy atom. The van der Waals surface area contributed by atoms with Crippen LogP contribution in [-0.2, 0) is 10.2 Å². The molecule has 0 radical (unpaired) electrons. The minimum atomic E-state index is -0.126. The second kappa shape index (κ2) is 9.02. The van der Waals surface area contributed by atoms with E-state index in [2.05, 4.69) is 30.7 Å². The van der Waals surface area contributed by atoms with E-state index >= 15 is 0 Å². The minimum absolute atomic E-state index is 0.00933. The highest BCUT2D eigenvalue weighted by molar-refractivity contribution is 5.78. The van der Waals surface area contributed by atoms with Crippen molar-refractivity contribution in [3.05, 3.63) is 54.2 Å². The Bertz CT molecular complexity index is 1100. The number of hydrogen-bond donors (Lipinski definition) is 0. The molecular formula is C25H30N4O3. The number of hydrogen-bond acceptors (Lipinski definition) is 6. The van der Waals surface area contributed by atoms with Gasteiger partial charge in [-0.1, -0.05) is 32.9 Å². The van der Waals surface area contributed by atoms with E-state index < -0.39 is 0 Å². The molecular weight excluding hydrogens is 404 g/mol. The normalized spacial score (nSPS) is 14.5. The lowest BCUT2D eigenvalue weighted by molar-refractivity contribution is -0.133. The first-order valence-corrected chi connectivity index (χ1v) is 10.9. The van der Waals surface area contributed by atoms with E-state index in [1.54, 1.807) is 13.3 Å². The Morgan fingerprint density at radius 3 is 2.44 bits per heavy atom. The molecule has 0 aliphatic carbocycles. The van der Waals surface area contributed by atoms with Gasteiger partial charge in [0.15, 0.2) is 6.61 Å². The van der Waals surface area contributed by atoms with Gasteiger partial charge in [-0.25, -0.2) is 4.98 Å². The lowest BCUT2D eigenvalue weighted by Gasteiger charge is -2.35. The van der Waals surface area contributed by atoms with Crippen LogP contribution in [0.4, 0.5) is 5.82 Å². The van der Waals surface area contributed by atoms with Gasteiger partial charge in [0.1, 0.15) is 17.3 Å². The van der Waals surface area contributed by atoms with Gasteiger partial charge in [-0.15, -0.1) is 0 Å². The molecule has 0 bridgehead atoms. The van der Waals surface area contributed by atoms with Crippen molar-refractivity contribution >= 4 is 22.8 Å². The number of carbonyl (C=O) groups excluding carboxylic acids is 1. The zero-order valence-electron chi connectivity index (χ0n) is 19.2. The number of carbonyl (C=O) groups is 1. The molecule has 1 aliphatic heterocycles. The fourth-order valence-electron chi connectivity index (χ4n) is 3.86. The first-order chi connectivity index (χ1) is 15.3. The van der Waals surface area contributed by atoms with Crippen LogP contribution in [0.15, 0.2) is 48.7 Å². The SMILES string of the molecule is COc1ccc(OCC(=O)N2CCN(c3cnc4ccccc4n3)CC2)c(C(C)(C)C)c1. The highest BCUT2D eigenvalue weighted by atomic mass is 16.5. The number of aromatic nitrogens is 2. The van der Waals surface area contributed by atoms with E-state index in [1.165, 1.54) is 0 Å². The van der Waals surface area contributed by atoms with Crippen molar-refractivity contribution < 1.29 is 14.3 Å². The van der Waals surface area contributed by atoms with Gasteiger partial charge in [-0.2, -0.15) is 0 Å². The molecule has 3 aromatic rings. The zero-order valence-corrected chi connectivity index (χ0v) is 19.2. The molecule has 7 heteroatoms. The van der Waals surface area contributed by atoms with Gasteiger partial charge in [-0.05, 0) is 35.7 Å². The molecule has 0 N–H and O–H groups in total. The Morgan fingerprint density at radius 1 is 1.03 bits per heavy atom. The third-order valence-corrected chi connectivity index (χ3v) is 5.74. The Balaban J connectivity index is 1.36. The van der Waals surface area contributed by atoms with Gasteiger partial charge in [0.25, 0.3) is 5.91 Å². The van der Waals surface area contributed by atoms with Crippen LogP contribution in [0.5, 0.6) is 11.5 Å². The lowest BCUT2D eigenvalue weighted by atomic mass is 9.86. The van der Waals surface area contributed by atoms with Crippen LogP contribution < -0.4 is 14.4 Å². The fourth-order valence-corrected chi connectivity index (χ4v) is 3.86. The topological polar surface area (TPSA) is 67.8 Å². The van der Waals surface area contributed by atoms with Gasteiger partial charge in [0.2, 0.25) is 0 Å². The van der Waals surface area contributed by atoms with Gasteiger partial charge >= 0.3 is 0 Å². The van der Waals surface area contributed by atoms with Crippen molar-refractivity contribution in [3.8, 4) is 11.5 Å². The number of piperazine rings is 1. The van der Waals surface area contributed by atoms with Crippen LogP contribution in [0.2, 0.25) is 0 Å². The number of nitrogens with zero attached hydrogens (tertiary/aromatic N) is 4. The van der Waals surface area contributed by atoms with Crippen molar-refractivity contribution in [1.29, 1.82) is 0 Å². The van der Waals surface area contributed by atoms with E-state index in [1.807, 2.05) is 47.4 Å². The van der Waals surface area contributed by atoms with Crippen LogP contribution in [0.3, 0.4) is 0 Å². The summed E-state index contributed by atoms with van der Waals surface area (Å²) in [5.41, 5.74) is 2.66. The van der Waals surface area contributed by atoms with Gasteiger partial charge < -0.3 is 19.3 Å². The zero-order chi connectivity index (χ0) is 22.7. The van der Waals surface area contributed by atoms with Gasteiger partial charge in [0.05, 0.1) is 24.3 Å². The fraction of sp³-hybridized carbons (Fsp3) is 0.400. The van der Waals surface area contributed by atoms with E-state index in [0.29, 0.717) is 26.2 Å². The summed E-state index contributed by atoms with van der Waals surface area (Å²) >= 11 is 0. The second-order valence-corrected chi connectivity index (χ2v) is 8.99. The number of benzene rings is 2. The molecule has 1 aliphatic rings. The number of para-hydroxylation sites is 2. The number of rotatable bonds is 5. The molecule has 1 fully saturated rings. The molecule has 0 spiro atoms. The van der Waals surface area contributed by atoms with Gasteiger partial charge in [-0.3, -0.25) is 9.78 Å². The first-order valence-electron chi connectivity index (χ1n) is 10.9. The number of methoxy groups -OCH3 is 1. The smallest absolute Gasteiger partial charge is 0.260 e. The molecule has 7 nitrogen and oxygen atoms in total. The van der Waals surface area contributed by atoms with E-state index in [9.17, 15) is 4.79 Å². The summed E-state index contributed by atoms with van der Waals surface area (Å²) in [6.45, 7) is 9.06. The summed E-state index contributed by atoms with van der Waals surface area (Å²) in [5.74, 6) is 2.34. The Labute approximate surface area is 189 Å². The maximum absolute atomic E-state index is 12.8. The molecule has 1 aromatic heterocycles. The highest BCUT2D eigenvalue weighted by Crippen LogP contribution is 2.34. The maximum Gasteiger partial charge on any atom is 0.260 e. The lowest BCUT2D eigenvalue weighted by Crippen LogP contribution is -2.50. The van der Waals surface area contributed by atoms with E-state index in [4.69, 9.17) is 14.5 Å². The summed E-state index contributed by atoms with van der Waals surface area (Å²) in [5, 5.41) is 0. The average Bonchev–Trinajstić information content (AvgIpc) is 2.81. The molecule has 168 valence electrons. The monoisotopic (exact) mass is 434 g/mol. The predicted octanol–water partition coefficient (Wildman–Crippen LogP) is 3.66. The number of amides is 1. The highest BCUT2D eigenvalue weighted by Gasteiger charge is 2.24. The average molecular weight is 435 g/mol. The molecule has 2 aromatic carbocycles. The first kappa shape index (κ1) is 21.9. The van der Waals surface area contributed by atoms with Crippen molar-refractivity contribution in [2.75, 3.05) is 44.8 Å². The van der Waals surface area contributed by atoms with E-state index in [-0.39, 0.29) is 17.9 Å². The van der Waals surface area contributed by atoms with Crippen molar-refractivity contribution in [2.24, 2.45) is 0 Å². The third kappa shape index (κ3) is 4.77. The van der Waals surface area contributed by atoms with Crippen molar-refractivity contribution in [1.82, 2.24) is 14.9 Å². The number of anilines is 1. The largest absolute Gasteiger partial charge is 0.497 e. The summed E-state index contributed by atoms with van der Waals surface area (Å²) < 4.78 is 11.3. The molecule has 2 heterocycles. The van der Waals surface area contributed by atoms with Crippen molar-refractivity contribution in [3.63, 3.8) is 0 Å². The summed E-state index contributed by atoms with van der Waals surface area (Å²) in [6, 6.07) is 13.6. The Hall–Kier alpha value is -3.35. The number of ether oxygens (including phenoxy) is 2. The second-order valence-electron chi connectivity index (χ2n) is 8.99. The molecule has 4 rings (SSSR count). The molecule has 0 unspecified atom stereocenters. The van der Waals surface area contributed by atoms with E-state index in [0.717, 1.165) is 33.9 Å². The summed E-state index contributed by atoms with van der Waals surface area (Å²) in [7, 11) is 1.65. The number of fused-ring (bicyclic) bond motifs is 1. The summed E-state index contributed by atoms with van der Waals surface area (Å²) in [4.78, 5) is 26.0. The molecule has 0 atom stereocenters. The van der Waals surface area contributed by atoms with Crippen LogP contribution in [-0.4, -0.2) is 60.7 Å². The standard InChI is InChI=1S/C25H30N4O3/c1-25(2,3)19-15-18(31-4)9-10-22(19)32-17-24(30)29-13-11-28(12-14-29)23-16-26-20-7-5-6-8-21(20)27-23/h5-10,15-16H,11-14,17H2,1-4H3. The van der Waals surface area contributed by atoms with Crippen molar-refractivity contribution in [2.45, 2.75) is 26.2 Å². The quantitative estimate of drug-likeness (QED) is 0.611. The molecule has 0 saturated carbocycles. The van der Waals surface area contributed by atoms with Crippen LogP contribution in [0, 0.1) is 0 Å². The molecule has 1 saturated heterocycles. The predicted molar refractivity (Wildman–Crippen MR) is 126 cm³/mol.